The van der Waals surface area contributed by atoms with Crippen molar-refractivity contribution in [2.45, 2.75) is 0 Å². The third-order valence-corrected chi connectivity index (χ3v) is 9.06. The molecule has 0 aliphatic heterocycles. The fourth-order valence-electron chi connectivity index (χ4n) is 5.32. The summed E-state index contributed by atoms with van der Waals surface area (Å²) in [4.78, 5) is 0. The van der Waals surface area contributed by atoms with E-state index >= 15 is 0 Å². The third-order valence-electron chi connectivity index (χ3n) is 6.79. The lowest BCUT2D eigenvalue weighted by Gasteiger charge is -2.08. The number of benzene rings is 5. The minimum Gasteiger partial charge on any atom is -0.309 e. The maximum Gasteiger partial charge on any atom is 0.0548 e. The number of thiophene rings is 2. The molecule has 3 heterocycles. The van der Waals surface area contributed by atoms with Crippen LogP contribution in [0.1, 0.15) is 0 Å². The fraction of sp³-hybridized carbons (Fsp3) is 0. The highest BCUT2D eigenvalue weighted by Crippen LogP contribution is 2.41. The van der Waals surface area contributed by atoms with Gasteiger partial charge in [-0.1, -0.05) is 60.7 Å². The minimum atomic E-state index is 1.22. The number of aromatic nitrogens is 1. The molecule has 0 fully saturated rings. The van der Waals surface area contributed by atoms with Gasteiger partial charge in [0.1, 0.15) is 0 Å². The van der Waals surface area contributed by atoms with E-state index in [0.717, 1.165) is 0 Å². The van der Waals surface area contributed by atoms with Gasteiger partial charge < -0.3 is 4.57 Å². The molecule has 0 N–H and O–H groups in total. The Morgan fingerprint density at radius 2 is 1.00 bits per heavy atom. The number of fused-ring (bicyclic) bond motifs is 9. The lowest BCUT2D eigenvalue weighted by atomic mass is 10.1. The molecule has 0 radical (unpaired) electrons. The second kappa shape index (κ2) is 6.44. The van der Waals surface area contributed by atoms with E-state index in [0.29, 0.717) is 0 Å². The molecule has 3 aromatic heterocycles. The van der Waals surface area contributed by atoms with E-state index in [1.54, 1.807) is 0 Å². The molecule has 0 spiro atoms. The molecule has 1 nitrogen and oxygen atoms in total. The van der Waals surface area contributed by atoms with Crippen LogP contribution in [0.3, 0.4) is 0 Å². The highest BCUT2D eigenvalue weighted by molar-refractivity contribution is 7.26. The van der Waals surface area contributed by atoms with Gasteiger partial charge in [-0.05, 0) is 42.5 Å². The van der Waals surface area contributed by atoms with Gasteiger partial charge in [-0.2, -0.15) is 0 Å². The number of rotatable bonds is 1. The SMILES string of the molecule is c1ccc2c(c1)sc1cc(-n3c4ccccc4c4cc5sc6ccccc6c5cc43)ccc12. The van der Waals surface area contributed by atoms with Crippen molar-refractivity contribution in [2.75, 3.05) is 0 Å². The van der Waals surface area contributed by atoms with E-state index in [1.807, 2.05) is 22.7 Å². The summed E-state index contributed by atoms with van der Waals surface area (Å²) in [7, 11) is 0. The van der Waals surface area contributed by atoms with Crippen LogP contribution in [0.15, 0.2) is 103 Å². The second-order valence-electron chi connectivity index (χ2n) is 8.59. The molecule has 0 aliphatic carbocycles. The topological polar surface area (TPSA) is 4.93 Å². The Balaban J connectivity index is 1.51. The minimum absolute atomic E-state index is 1.22. The van der Waals surface area contributed by atoms with Crippen molar-refractivity contribution in [1.82, 2.24) is 4.57 Å². The number of hydrogen-bond donors (Lipinski definition) is 0. The zero-order valence-corrected chi connectivity index (χ0v) is 19.2. The van der Waals surface area contributed by atoms with Crippen molar-refractivity contribution >= 4 is 84.8 Å². The summed E-state index contributed by atoms with van der Waals surface area (Å²) < 4.78 is 7.83. The number of para-hydroxylation sites is 1. The molecule has 0 saturated heterocycles. The zero-order chi connectivity index (χ0) is 21.5. The molecule has 8 aromatic rings. The molecule has 0 unspecified atom stereocenters. The molecule has 0 saturated carbocycles. The van der Waals surface area contributed by atoms with Crippen LogP contribution in [0.5, 0.6) is 0 Å². The second-order valence-corrected chi connectivity index (χ2v) is 10.8. The Kier molecular flexibility index (Phi) is 3.48. The quantitative estimate of drug-likeness (QED) is 0.232. The highest BCUT2D eigenvalue weighted by atomic mass is 32.1. The predicted molar refractivity (Wildman–Crippen MR) is 147 cm³/mol. The summed E-state index contributed by atoms with van der Waals surface area (Å²) >= 11 is 3.76. The summed E-state index contributed by atoms with van der Waals surface area (Å²) in [6, 6.07) is 38.0. The molecule has 33 heavy (non-hydrogen) atoms. The summed E-state index contributed by atoms with van der Waals surface area (Å²) in [6.45, 7) is 0. The molecule has 0 atom stereocenters. The molecule has 3 heteroatoms. The molecule has 0 amide bonds. The van der Waals surface area contributed by atoms with Crippen LogP contribution in [0.4, 0.5) is 0 Å². The van der Waals surface area contributed by atoms with Crippen LogP contribution >= 0.6 is 22.7 Å². The van der Waals surface area contributed by atoms with Gasteiger partial charge in [-0.3, -0.25) is 0 Å². The average molecular weight is 456 g/mol. The van der Waals surface area contributed by atoms with Crippen LogP contribution in [-0.2, 0) is 0 Å². The maximum absolute atomic E-state index is 2.44. The Hall–Kier alpha value is -3.66. The molecule has 8 rings (SSSR count). The zero-order valence-electron chi connectivity index (χ0n) is 17.6. The summed E-state index contributed by atoms with van der Waals surface area (Å²) in [5.74, 6) is 0. The standard InChI is InChI=1S/C30H17NS2/c1-4-10-25-19(7-1)23-17-30-24(21-9-3-6-12-28(21)33-30)16-26(23)31(25)18-13-14-22-20-8-2-5-11-27(20)32-29(22)15-18/h1-17H. The fourth-order valence-corrected chi connectivity index (χ4v) is 7.58. The van der Waals surface area contributed by atoms with Gasteiger partial charge in [0.2, 0.25) is 0 Å². The van der Waals surface area contributed by atoms with Crippen molar-refractivity contribution < 1.29 is 0 Å². The first-order valence-electron chi connectivity index (χ1n) is 11.1. The lowest BCUT2D eigenvalue weighted by Crippen LogP contribution is -1.93. The molecule has 0 bridgehead atoms. The first-order valence-corrected chi connectivity index (χ1v) is 12.7. The van der Waals surface area contributed by atoms with Gasteiger partial charge in [0.25, 0.3) is 0 Å². The van der Waals surface area contributed by atoms with Crippen molar-refractivity contribution in [3.63, 3.8) is 0 Å². The third kappa shape index (κ3) is 2.41. The first kappa shape index (κ1) is 17.8. The van der Waals surface area contributed by atoms with Crippen LogP contribution in [0, 0.1) is 0 Å². The van der Waals surface area contributed by atoms with Crippen LogP contribution < -0.4 is 0 Å². The van der Waals surface area contributed by atoms with Gasteiger partial charge >= 0.3 is 0 Å². The van der Waals surface area contributed by atoms with Crippen molar-refractivity contribution in [1.29, 1.82) is 0 Å². The van der Waals surface area contributed by atoms with Crippen LogP contribution in [0.25, 0.3) is 67.8 Å². The summed E-state index contributed by atoms with van der Waals surface area (Å²) in [6.07, 6.45) is 0. The molecular weight excluding hydrogens is 438 g/mol. The summed E-state index contributed by atoms with van der Waals surface area (Å²) in [5, 5.41) is 8.00. The monoisotopic (exact) mass is 455 g/mol. The normalized spacial score (nSPS) is 12.2. The molecule has 154 valence electrons. The van der Waals surface area contributed by atoms with E-state index in [1.165, 1.54) is 67.8 Å². The van der Waals surface area contributed by atoms with Gasteiger partial charge in [-0.15, -0.1) is 22.7 Å². The van der Waals surface area contributed by atoms with E-state index in [2.05, 4.69) is 108 Å². The highest BCUT2D eigenvalue weighted by Gasteiger charge is 2.16. The Morgan fingerprint density at radius 1 is 0.394 bits per heavy atom. The van der Waals surface area contributed by atoms with Crippen molar-refractivity contribution in [2.24, 2.45) is 0 Å². The predicted octanol–water partition coefficient (Wildman–Crippen LogP) is 9.52. The lowest BCUT2D eigenvalue weighted by molar-refractivity contribution is 1.19. The molecular formula is C30H17NS2. The Labute approximate surface area is 197 Å². The Bertz CT molecular complexity index is 2030. The first-order chi connectivity index (χ1) is 16.3. The van der Waals surface area contributed by atoms with E-state index in [-0.39, 0.29) is 0 Å². The van der Waals surface area contributed by atoms with Gasteiger partial charge in [0, 0.05) is 56.8 Å². The van der Waals surface area contributed by atoms with Gasteiger partial charge in [0.05, 0.1) is 11.0 Å². The van der Waals surface area contributed by atoms with Crippen molar-refractivity contribution in [3.05, 3.63) is 103 Å². The van der Waals surface area contributed by atoms with E-state index in [9.17, 15) is 0 Å². The molecule has 5 aromatic carbocycles. The maximum atomic E-state index is 2.44. The molecule has 0 aliphatic rings. The average Bonchev–Trinajstić information content (AvgIpc) is 3.51. The number of nitrogens with zero attached hydrogens (tertiary/aromatic N) is 1. The largest absolute Gasteiger partial charge is 0.309 e. The Morgan fingerprint density at radius 3 is 1.79 bits per heavy atom. The summed E-state index contributed by atoms with van der Waals surface area (Å²) in [5.41, 5.74) is 3.75. The van der Waals surface area contributed by atoms with E-state index in [4.69, 9.17) is 0 Å². The van der Waals surface area contributed by atoms with Crippen LogP contribution in [-0.4, -0.2) is 4.57 Å². The van der Waals surface area contributed by atoms with Gasteiger partial charge in [-0.25, -0.2) is 0 Å². The van der Waals surface area contributed by atoms with E-state index < -0.39 is 0 Å². The smallest absolute Gasteiger partial charge is 0.0548 e. The van der Waals surface area contributed by atoms with Crippen LogP contribution in [0.2, 0.25) is 0 Å². The van der Waals surface area contributed by atoms with Crippen molar-refractivity contribution in [3.8, 4) is 5.69 Å². The van der Waals surface area contributed by atoms with Gasteiger partial charge in [0.15, 0.2) is 0 Å². The number of hydrogen-bond acceptors (Lipinski definition) is 2.